The molecule has 0 bridgehead atoms. The summed E-state index contributed by atoms with van der Waals surface area (Å²) in [6.45, 7) is 7.52. The highest BCUT2D eigenvalue weighted by Crippen LogP contribution is 2.39. The van der Waals surface area contributed by atoms with Crippen LogP contribution in [0.2, 0.25) is 0 Å². The van der Waals surface area contributed by atoms with Crippen LogP contribution in [0.1, 0.15) is 103 Å². The van der Waals surface area contributed by atoms with E-state index in [-0.39, 0.29) is 24.4 Å². The SMILES string of the molecule is CC(C)(C)C(=O)n1ccc2c(-c3cnn(C4(CC#N)CN(S(C)(=O)=NC5CCCCC5)C4)c3)ncnc21.CO.CS(=O)(=NC1CCCCC1)N1CC(CC#N)(n2cc(-c3ncnc4[nH]ccc34)cn2)C1. The number of aromatic nitrogens is 10. The largest absolute Gasteiger partial charge is 0.400 e. The predicted octanol–water partition coefficient (Wildman–Crippen LogP) is 6.95. The van der Waals surface area contributed by atoms with E-state index in [4.69, 9.17) is 13.8 Å². The van der Waals surface area contributed by atoms with Crippen LogP contribution in [0.4, 0.5) is 0 Å². The van der Waals surface area contributed by atoms with Crippen molar-refractivity contribution in [3.63, 3.8) is 0 Å². The molecule has 70 heavy (non-hydrogen) atoms. The Balaban J connectivity index is 0.000000184. The molecule has 2 unspecified atom stereocenters. The zero-order valence-electron chi connectivity index (χ0n) is 40.9. The second kappa shape index (κ2) is 20.4. The summed E-state index contributed by atoms with van der Waals surface area (Å²) in [6, 6.07) is 8.73. The van der Waals surface area contributed by atoms with Crippen molar-refractivity contribution in [2.45, 2.75) is 121 Å². The van der Waals surface area contributed by atoms with Gasteiger partial charge in [-0.05, 0) is 37.8 Å². The summed E-state index contributed by atoms with van der Waals surface area (Å²) in [7, 11) is -3.96. The summed E-state index contributed by atoms with van der Waals surface area (Å²) in [5.41, 5.74) is 2.80. The first-order valence-corrected chi connectivity index (χ1v) is 27.7. The molecule has 10 rings (SSSR count). The first kappa shape index (κ1) is 50.5. The molecule has 0 amide bonds. The maximum absolute atomic E-state index is 13.5. The van der Waals surface area contributed by atoms with Crippen LogP contribution in [0.3, 0.4) is 0 Å². The molecule has 2 aliphatic carbocycles. The van der Waals surface area contributed by atoms with Crippen molar-refractivity contribution in [1.29, 1.82) is 10.5 Å². The average Bonchev–Trinajstić information content (AvgIpc) is 4.17. The van der Waals surface area contributed by atoms with E-state index < -0.39 is 36.3 Å². The monoisotopic (exact) mass is 992 g/mol. The molecule has 4 fully saturated rings. The summed E-state index contributed by atoms with van der Waals surface area (Å²) < 4.78 is 45.3. The van der Waals surface area contributed by atoms with Gasteiger partial charge in [-0.3, -0.25) is 18.7 Å². The summed E-state index contributed by atoms with van der Waals surface area (Å²) in [4.78, 5) is 33.5. The van der Waals surface area contributed by atoms with Gasteiger partial charge in [-0.2, -0.15) is 20.7 Å². The van der Waals surface area contributed by atoms with Crippen molar-refractivity contribution in [3.05, 3.63) is 62.0 Å². The molecule has 0 radical (unpaired) electrons. The summed E-state index contributed by atoms with van der Waals surface area (Å²) in [5, 5.41) is 37.0. The highest BCUT2D eigenvalue weighted by atomic mass is 32.2. The number of nitriles is 2. The number of hydrogen-bond donors (Lipinski definition) is 2. The van der Waals surface area contributed by atoms with E-state index in [1.165, 1.54) is 25.5 Å². The van der Waals surface area contributed by atoms with Gasteiger partial charge in [-0.15, -0.1) is 0 Å². The lowest BCUT2D eigenvalue weighted by Gasteiger charge is -2.49. The lowest BCUT2D eigenvalue weighted by Crippen LogP contribution is -2.64. The van der Waals surface area contributed by atoms with E-state index >= 15 is 0 Å². The van der Waals surface area contributed by atoms with Crippen LogP contribution < -0.4 is 0 Å². The number of nitrogens with one attached hydrogen (secondary N) is 1. The van der Waals surface area contributed by atoms with E-state index in [0.717, 1.165) is 91.7 Å². The number of aromatic amines is 1. The molecule has 2 saturated carbocycles. The quantitative estimate of drug-likeness (QED) is 0.141. The minimum Gasteiger partial charge on any atom is -0.400 e. The third kappa shape index (κ3) is 10.2. The second-order valence-corrected chi connectivity index (χ2v) is 24.5. The molecule has 6 aromatic rings. The van der Waals surface area contributed by atoms with E-state index in [1.807, 2.05) is 69.5 Å². The fraction of sp³-hybridized carbons (Fsp3) is 0.562. The number of carbonyl (C=O) groups is 1. The number of fused-ring (bicyclic) bond motifs is 2. The predicted molar refractivity (Wildman–Crippen MR) is 268 cm³/mol. The topological polar surface area (TPSA) is 258 Å². The van der Waals surface area contributed by atoms with Gasteiger partial charge in [-0.25, -0.2) is 45.7 Å². The zero-order chi connectivity index (χ0) is 49.9. The van der Waals surface area contributed by atoms with Gasteiger partial charge in [0.25, 0.3) is 0 Å². The van der Waals surface area contributed by atoms with Gasteiger partial charge >= 0.3 is 0 Å². The van der Waals surface area contributed by atoms with Gasteiger partial charge < -0.3 is 10.1 Å². The van der Waals surface area contributed by atoms with Crippen molar-refractivity contribution in [2.75, 3.05) is 45.8 Å². The van der Waals surface area contributed by atoms with Crippen LogP contribution in [-0.4, -0.2) is 135 Å². The smallest absolute Gasteiger partial charge is 0.237 e. The van der Waals surface area contributed by atoms with Gasteiger partial charge in [0.05, 0.1) is 60.8 Å². The first-order chi connectivity index (χ1) is 33.5. The van der Waals surface area contributed by atoms with Crippen molar-refractivity contribution >= 4 is 47.8 Å². The first-order valence-electron chi connectivity index (χ1n) is 23.9. The minimum atomic E-state index is -2.51. The Kier molecular flexibility index (Phi) is 14.7. The molecule has 20 nitrogen and oxygen atoms in total. The third-order valence-electron chi connectivity index (χ3n) is 13.9. The summed E-state index contributed by atoms with van der Waals surface area (Å²) in [5.74, 6) is -0.0489. The molecule has 372 valence electrons. The van der Waals surface area contributed by atoms with E-state index in [9.17, 15) is 23.7 Å². The Labute approximate surface area is 410 Å². The Morgan fingerprint density at radius 1 is 0.743 bits per heavy atom. The molecule has 2 saturated heterocycles. The molecule has 0 aromatic carbocycles. The van der Waals surface area contributed by atoms with Crippen LogP contribution >= 0.6 is 0 Å². The van der Waals surface area contributed by atoms with Gasteiger partial charge in [0, 0.05) is 97.9 Å². The number of aliphatic hydroxyl groups excluding tert-OH is 1. The van der Waals surface area contributed by atoms with E-state index in [1.54, 1.807) is 35.7 Å². The van der Waals surface area contributed by atoms with E-state index in [0.29, 0.717) is 43.9 Å². The number of hydrogen-bond acceptors (Lipinski definition) is 14. The number of rotatable bonds is 10. The van der Waals surface area contributed by atoms with Gasteiger partial charge in [-0.1, -0.05) is 59.3 Å². The molecule has 2 aliphatic heterocycles. The number of H-pyrrole nitrogens is 1. The Morgan fingerprint density at radius 3 is 1.69 bits per heavy atom. The fourth-order valence-electron chi connectivity index (χ4n) is 9.95. The highest BCUT2D eigenvalue weighted by molar-refractivity contribution is 7.91. The normalized spacial score (nSPS) is 20.2. The summed E-state index contributed by atoms with van der Waals surface area (Å²) in [6.07, 6.45) is 29.0. The Morgan fingerprint density at radius 2 is 1.21 bits per heavy atom. The zero-order valence-corrected chi connectivity index (χ0v) is 42.6. The van der Waals surface area contributed by atoms with Crippen LogP contribution in [-0.2, 0) is 30.9 Å². The lowest BCUT2D eigenvalue weighted by molar-refractivity contribution is 0.0752. The number of aliphatic hydroxyl groups is 1. The van der Waals surface area contributed by atoms with Crippen LogP contribution in [0.25, 0.3) is 44.6 Å². The van der Waals surface area contributed by atoms with Crippen molar-refractivity contribution in [3.8, 4) is 34.7 Å². The van der Waals surface area contributed by atoms with Gasteiger partial charge in [0.1, 0.15) is 49.2 Å². The van der Waals surface area contributed by atoms with Gasteiger partial charge in [0.15, 0.2) is 5.65 Å². The fourth-order valence-corrected chi connectivity index (χ4v) is 13.7. The highest BCUT2D eigenvalue weighted by Gasteiger charge is 2.50. The van der Waals surface area contributed by atoms with Crippen molar-refractivity contribution in [2.24, 2.45) is 14.1 Å². The average molecular weight is 993 g/mol. The number of carbonyl (C=O) groups excluding carboxylic acids is 1. The molecular weight excluding hydrogens is 929 g/mol. The molecule has 0 spiro atoms. The molecule has 2 atom stereocenters. The van der Waals surface area contributed by atoms with Crippen molar-refractivity contribution in [1.82, 2.24) is 57.7 Å². The lowest BCUT2D eigenvalue weighted by atomic mass is 9.89. The Bertz CT molecular complexity index is 3160. The molecule has 6 aromatic heterocycles. The van der Waals surface area contributed by atoms with Crippen molar-refractivity contribution < 1.29 is 18.3 Å². The molecule has 4 aliphatic rings. The third-order valence-corrected chi connectivity index (χ3v) is 17.7. The number of nitrogens with zero attached hydrogens (tertiary/aromatic N) is 15. The standard InChI is InChI=1S/C26H34N8O2S.C21H26N8OS.CH4O/c1-25(2,3)24(35)33-13-10-21-22(28-18-29-23(21)33)19-14-30-34(15-19)26(11-12-27)16-32(17-26)37(4,36)31-20-8-6-5-7-9-20;1-31(30,27-17-5-3-2-4-6-17)28-13-21(14-28,8-9-22)29-12-16(11-26-29)19-18-7-10-23-20(18)25-15-24-19;1-2/h10,13-15,18,20H,5-9,11,16-17H2,1-4H3;7,10-12,15,17H,2-6,8,13-14H2,1H3,(H,23,24,25);2H,1H3. The van der Waals surface area contributed by atoms with Crippen LogP contribution in [0, 0.1) is 28.1 Å². The summed E-state index contributed by atoms with van der Waals surface area (Å²) >= 11 is 0. The molecule has 8 heterocycles. The van der Waals surface area contributed by atoms with Gasteiger partial charge in [0.2, 0.25) is 5.91 Å². The molecular formula is C48H64N16O4S2. The van der Waals surface area contributed by atoms with Crippen LogP contribution in [0.15, 0.2) is 70.7 Å². The van der Waals surface area contributed by atoms with Crippen LogP contribution in [0.5, 0.6) is 0 Å². The maximum Gasteiger partial charge on any atom is 0.237 e. The second-order valence-electron chi connectivity index (χ2n) is 20.0. The minimum absolute atomic E-state index is 0.0489. The molecule has 2 N–H and O–H groups in total. The maximum atomic E-state index is 13.5. The molecule has 22 heteroatoms. The Hall–Kier alpha value is -5.91. The van der Waals surface area contributed by atoms with E-state index in [2.05, 4.69) is 47.3 Å².